The maximum Gasteiger partial charge on any atom is 0.417 e. The molecular formula is C13H11ClF3N3O2. The van der Waals surface area contributed by atoms with Crippen LogP contribution in [-0.4, -0.2) is 24.0 Å². The number of aromatic nitrogens is 1. The van der Waals surface area contributed by atoms with E-state index in [1.807, 2.05) is 0 Å². The van der Waals surface area contributed by atoms with Crippen LogP contribution in [0.2, 0.25) is 5.02 Å². The normalized spacial score (nSPS) is 11.3. The van der Waals surface area contributed by atoms with Crippen LogP contribution in [0.1, 0.15) is 15.9 Å². The Hall–Kier alpha value is -2.22. The maximum atomic E-state index is 12.5. The third-order valence-electron chi connectivity index (χ3n) is 2.65. The minimum Gasteiger partial charge on any atom is -0.472 e. The fourth-order valence-corrected chi connectivity index (χ4v) is 1.81. The molecule has 2 heterocycles. The molecule has 2 rings (SSSR count). The predicted octanol–water partition coefficient (Wildman–Crippen LogP) is 3.19. The summed E-state index contributed by atoms with van der Waals surface area (Å²) in [4.78, 5) is 15.2. The predicted molar refractivity (Wildman–Crippen MR) is 73.8 cm³/mol. The molecule has 0 fully saturated rings. The van der Waals surface area contributed by atoms with Crippen LogP contribution in [0, 0.1) is 0 Å². The number of hydrogen-bond acceptors (Lipinski definition) is 4. The average molecular weight is 334 g/mol. The highest BCUT2D eigenvalue weighted by atomic mass is 35.5. The molecule has 2 aromatic heterocycles. The van der Waals surface area contributed by atoms with Crippen molar-refractivity contribution in [1.82, 2.24) is 10.3 Å². The topological polar surface area (TPSA) is 67.2 Å². The highest BCUT2D eigenvalue weighted by Gasteiger charge is 2.31. The quantitative estimate of drug-likeness (QED) is 0.825. The molecule has 0 bridgehead atoms. The molecule has 0 unspecified atom stereocenters. The second kappa shape index (κ2) is 6.69. The Morgan fingerprint density at radius 1 is 1.36 bits per heavy atom. The number of amides is 1. The average Bonchev–Trinajstić information content (AvgIpc) is 2.97. The highest BCUT2D eigenvalue weighted by Crippen LogP contribution is 2.32. The van der Waals surface area contributed by atoms with Crippen molar-refractivity contribution in [2.24, 2.45) is 0 Å². The molecular weight excluding hydrogens is 323 g/mol. The van der Waals surface area contributed by atoms with Gasteiger partial charge in [0.2, 0.25) is 0 Å². The van der Waals surface area contributed by atoms with Gasteiger partial charge in [-0.15, -0.1) is 0 Å². The number of pyridine rings is 1. The van der Waals surface area contributed by atoms with Gasteiger partial charge in [0, 0.05) is 19.3 Å². The Morgan fingerprint density at radius 3 is 2.73 bits per heavy atom. The summed E-state index contributed by atoms with van der Waals surface area (Å²) < 4.78 is 42.1. The smallest absolute Gasteiger partial charge is 0.417 e. The lowest BCUT2D eigenvalue weighted by molar-refractivity contribution is -0.137. The van der Waals surface area contributed by atoms with Gasteiger partial charge in [0.25, 0.3) is 5.91 Å². The first-order valence-electron chi connectivity index (χ1n) is 6.15. The Bertz CT molecular complexity index is 644. The Morgan fingerprint density at radius 2 is 2.14 bits per heavy atom. The molecule has 0 aliphatic rings. The molecule has 9 heteroatoms. The lowest BCUT2D eigenvalue weighted by Crippen LogP contribution is -2.28. The number of carbonyl (C=O) groups excluding carboxylic acids is 1. The van der Waals surface area contributed by atoms with Crippen LogP contribution in [0.25, 0.3) is 0 Å². The van der Waals surface area contributed by atoms with E-state index in [9.17, 15) is 18.0 Å². The van der Waals surface area contributed by atoms with Gasteiger partial charge in [0.15, 0.2) is 0 Å². The number of hydrogen-bond donors (Lipinski definition) is 2. The van der Waals surface area contributed by atoms with Gasteiger partial charge in [-0.25, -0.2) is 4.98 Å². The summed E-state index contributed by atoms with van der Waals surface area (Å²) in [5.41, 5.74) is -0.540. The van der Waals surface area contributed by atoms with Crippen molar-refractivity contribution in [3.8, 4) is 0 Å². The van der Waals surface area contributed by atoms with Gasteiger partial charge < -0.3 is 15.1 Å². The molecule has 0 saturated heterocycles. The highest BCUT2D eigenvalue weighted by molar-refractivity contribution is 6.32. The molecule has 0 aliphatic carbocycles. The van der Waals surface area contributed by atoms with Crippen LogP contribution >= 0.6 is 11.6 Å². The number of nitrogens with zero attached hydrogens (tertiary/aromatic N) is 1. The first-order valence-corrected chi connectivity index (χ1v) is 6.53. The zero-order valence-corrected chi connectivity index (χ0v) is 11.8. The van der Waals surface area contributed by atoms with E-state index >= 15 is 0 Å². The Balaban J connectivity index is 1.83. The van der Waals surface area contributed by atoms with Crippen molar-refractivity contribution in [2.45, 2.75) is 6.18 Å². The second-order valence-corrected chi connectivity index (χ2v) is 4.65. The maximum absolute atomic E-state index is 12.5. The van der Waals surface area contributed by atoms with E-state index in [-0.39, 0.29) is 29.8 Å². The number of alkyl halides is 3. The van der Waals surface area contributed by atoms with E-state index in [1.54, 1.807) is 0 Å². The fourth-order valence-electron chi connectivity index (χ4n) is 1.58. The molecule has 0 saturated carbocycles. The van der Waals surface area contributed by atoms with Crippen molar-refractivity contribution in [3.63, 3.8) is 0 Å². The number of anilines is 1. The van der Waals surface area contributed by atoms with Gasteiger partial charge in [0.05, 0.1) is 22.4 Å². The van der Waals surface area contributed by atoms with E-state index in [2.05, 4.69) is 15.6 Å². The number of halogens is 4. The molecule has 0 aromatic carbocycles. The van der Waals surface area contributed by atoms with E-state index in [0.29, 0.717) is 11.8 Å². The zero-order chi connectivity index (χ0) is 16.2. The number of carbonyl (C=O) groups is 1. The summed E-state index contributed by atoms with van der Waals surface area (Å²) in [6, 6.07) is 2.30. The van der Waals surface area contributed by atoms with E-state index < -0.39 is 11.7 Å². The molecule has 22 heavy (non-hydrogen) atoms. The van der Waals surface area contributed by atoms with Crippen LogP contribution in [0.15, 0.2) is 35.3 Å². The van der Waals surface area contributed by atoms with Gasteiger partial charge in [-0.2, -0.15) is 13.2 Å². The van der Waals surface area contributed by atoms with Crippen molar-refractivity contribution in [2.75, 3.05) is 18.4 Å². The lowest BCUT2D eigenvalue weighted by Gasteiger charge is -2.11. The number of nitrogens with one attached hydrogen (secondary N) is 2. The van der Waals surface area contributed by atoms with Crippen molar-refractivity contribution in [1.29, 1.82) is 0 Å². The molecule has 0 spiro atoms. The minimum absolute atomic E-state index is 0.118. The van der Waals surface area contributed by atoms with Crippen LogP contribution < -0.4 is 10.6 Å². The molecule has 2 N–H and O–H groups in total. The Kier molecular flexibility index (Phi) is 4.92. The summed E-state index contributed by atoms with van der Waals surface area (Å²) >= 11 is 5.73. The van der Waals surface area contributed by atoms with Gasteiger partial charge >= 0.3 is 6.18 Å². The summed E-state index contributed by atoms with van der Waals surface area (Å²) in [5.74, 6) is -0.200. The summed E-state index contributed by atoms with van der Waals surface area (Å²) in [6.45, 7) is 0.491. The third-order valence-corrected chi connectivity index (χ3v) is 2.94. The van der Waals surface area contributed by atoms with Crippen molar-refractivity contribution in [3.05, 3.63) is 47.0 Å². The molecule has 0 radical (unpaired) electrons. The minimum atomic E-state index is -4.49. The van der Waals surface area contributed by atoms with Crippen LogP contribution in [0.3, 0.4) is 0 Å². The van der Waals surface area contributed by atoms with E-state index in [1.165, 1.54) is 18.6 Å². The lowest BCUT2D eigenvalue weighted by atomic mass is 10.3. The van der Waals surface area contributed by atoms with Crippen molar-refractivity contribution < 1.29 is 22.4 Å². The summed E-state index contributed by atoms with van der Waals surface area (Å²) in [6.07, 6.45) is -1.12. The molecule has 0 atom stereocenters. The standard InChI is InChI=1S/C13H11ClF3N3O2/c14-10-5-9(13(15,16)17)6-20-11(10)18-2-3-19-12(21)8-1-4-22-7-8/h1,4-7H,2-3H2,(H,18,20)(H,19,21). The molecule has 5 nitrogen and oxygen atoms in total. The van der Waals surface area contributed by atoms with Crippen LogP contribution in [-0.2, 0) is 6.18 Å². The first kappa shape index (κ1) is 16.2. The van der Waals surface area contributed by atoms with Crippen molar-refractivity contribution >= 4 is 23.3 Å². The third kappa shape index (κ3) is 4.14. The molecule has 1 amide bonds. The fraction of sp³-hybridized carbons (Fsp3) is 0.231. The number of rotatable bonds is 5. The Labute approximate surface area is 128 Å². The second-order valence-electron chi connectivity index (χ2n) is 4.25. The largest absolute Gasteiger partial charge is 0.472 e. The summed E-state index contributed by atoms with van der Waals surface area (Å²) in [7, 11) is 0. The van der Waals surface area contributed by atoms with Gasteiger partial charge in [-0.1, -0.05) is 11.6 Å². The zero-order valence-electron chi connectivity index (χ0n) is 11.1. The monoisotopic (exact) mass is 333 g/mol. The van der Waals surface area contributed by atoms with Crippen LogP contribution in [0.4, 0.5) is 19.0 Å². The molecule has 0 aliphatic heterocycles. The first-order chi connectivity index (χ1) is 10.4. The van der Waals surface area contributed by atoms with Gasteiger partial charge in [-0.3, -0.25) is 4.79 Å². The van der Waals surface area contributed by atoms with Crippen LogP contribution in [0.5, 0.6) is 0 Å². The molecule has 2 aromatic rings. The SMILES string of the molecule is O=C(NCCNc1ncc(C(F)(F)F)cc1Cl)c1ccoc1. The molecule has 118 valence electrons. The van der Waals surface area contributed by atoms with Gasteiger partial charge in [-0.05, 0) is 12.1 Å². The summed E-state index contributed by atoms with van der Waals surface area (Å²) in [5, 5.41) is 5.20. The van der Waals surface area contributed by atoms with E-state index in [4.69, 9.17) is 16.0 Å². The van der Waals surface area contributed by atoms with E-state index in [0.717, 1.165) is 6.07 Å². The van der Waals surface area contributed by atoms with Gasteiger partial charge in [0.1, 0.15) is 12.1 Å². The number of furan rings is 1.